The van der Waals surface area contributed by atoms with E-state index in [1.54, 1.807) is 12.1 Å². The lowest BCUT2D eigenvalue weighted by Crippen LogP contribution is -2.14. The summed E-state index contributed by atoms with van der Waals surface area (Å²) in [5, 5.41) is 10.3. The third-order valence-electron chi connectivity index (χ3n) is 4.82. The summed E-state index contributed by atoms with van der Waals surface area (Å²) in [6, 6.07) is 7.75. The lowest BCUT2D eigenvalue weighted by atomic mass is 10.2. The van der Waals surface area contributed by atoms with E-state index in [9.17, 15) is 17.6 Å². The van der Waals surface area contributed by atoms with Gasteiger partial charge in [0.05, 0.1) is 30.5 Å². The Kier molecular flexibility index (Phi) is 9.23. The van der Waals surface area contributed by atoms with Gasteiger partial charge in [-0.15, -0.1) is 5.10 Å². The molecule has 10 nitrogen and oxygen atoms in total. The molecule has 1 N–H and O–H groups in total. The van der Waals surface area contributed by atoms with E-state index in [2.05, 4.69) is 15.5 Å². The first kappa shape index (κ1) is 26.9. The van der Waals surface area contributed by atoms with Gasteiger partial charge in [0, 0.05) is 12.0 Å². The summed E-state index contributed by atoms with van der Waals surface area (Å²) in [5.41, 5.74) is 0.503. The molecular weight excluding hydrogens is 493 g/mol. The molecule has 2 aromatic carbocycles. The predicted molar refractivity (Wildman–Crippen MR) is 130 cm³/mol. The first-order chi connectivity index (χ1) is 17.3. The fraction of sp³-hybridized carbons (Fsp3) is 0.375. The average Bonchev–Trinajstić information content (AvgIpc) is 3.30. The maximum atomic E-state index is 13.0. The van der Waals surface area contributed by atoms with Crippen LogP contribution < -0.4 is 19.5 Å². The molecule has 194 valence electrons. The molecule has 0 saturated carbocycles. The molecule has 0 fully saturated rings. The number of ether oxygens (including phenoxy) is 3. The molecule has 0 atom stereocenters. The SMILES string of the molecule is CCOc1cc(-c2nnc(NC(=O)CCCS(=O)(=O)c3ccc(F)cc3)o2)cc(OCC)c1OCC. The van der Waals surface area contributed by atoms with Crippen LogP contribution in [0.1, 0.15) is 33.6 Å². The van der Waals surface area contributed by atoms with Gasteiger partial charge in [-0.1, -0.05) is 5.10 Å². The van der Waals surface area contributed by atoms with E-state index in [1.807, 2.05) is 20.8 Å². The van der Waals surface area contributed by atoms with Gasteiger partial charge in [-0.2, -0.15) is 0 Å². The second-order valence-electron chi connectivity index (χ2n) is 7.44. The number of nitrogens with zero attached hydrogens (tertiary/aromatic N) is 2. The minimum absolute atomic E-state index is 0.000879. The van der Waals surface area contributed by atoms with Crippen LogP contribution in [0, 0.1) is 5.82 Å². The third kappa shape index (κ3) is 6.94. The van der Waals surface area contributed by atoms with E-state index < -0.39 is 21.6 Å². The molecule has 1 heterocycles. The number of rotatable bonds is 13. The first-order valence-corrected chi connectivity index (χ1v) is 13.1. The molecule has 0 saturated heterocycles. The highest BCUT2D eigenvalue weighted by Gasteiger charge is 2.20. The lowest BCUT2D eigenvalue weighted by molar-refractivity contribution is -0.116. The molecule has 0 aliphatic carbocycles. The first-order valence-electron chi connectivity index (χ1n) is 11.5. The van der Waals surface area contributed by atoms with Crippen molar-refractivity contribution >= 4 is 21.8 Å². The van der Waals surface area contributed by atoms with Gasteiger partial charge in [-0.3, -0.25) is 10.1 Å². The van der Waals surface area contributed by atoms with Crippen molar-refractivity contribution in [2.24, 2.45) is 0 Å². The lowest BCUT2D eigenvalue weighted by Gasteiger charge is -2.16. The molecule has 1 amide bonds. The highest BCUT2D eigenvalue weighted by Crippen LogP contribution is 2.41. The van der Waals surface area contributed by atoms with Crippen molar-refractivity contribution in [3.05, 3.63) is 42.2 Å². The van der Waals surface area contributed by atoms with E-state index in [4.69, 9.17) is 18.6 Å². The highest BCUT2D eigenvalue weighted by atomic mass is 32.2. The Morgan fingerprint density at radius 2 is 1.58 bits per heavy atom. The number of carbonyl (C=O) groups is 1. The molecule has 0 bridgehead atoms. The van der Waals surface area contributed by atoms with Crippen LogP contribution in [-0.4, -0.2) is 50.1 Å². The van der Waals surface area contributed by atoms with Crippen molar-refractivity contribution in [3.8, 4) is 28.7 Å². The third-order valence-corrected chi connectivity index (χ3v) is 6.63. The quantitative estimate of drug-likeness (QED) is 0.328. The molecule has 0 aliphatic heterocycles. The maximum Gasteiger partial charge on any atom is 0.322 e. The van der Waals surface area contributed by atoms with Crippen molar-refractivity contribution in [2.75, 3.05) is 30.9 Å². The monoisotopic (exact) mass is 521 g/mol. The zero-order chi connectivity index (χ0) is 26.1. The van der Waals surface area contributed by atoms with Crippen LogP contribution >= 0.6 is 0 Å². The van der Waals surface area contributed by atoms with Crippen LogP contribution in [0.5, 0.6) is 17.2 Å². The smallest absolute Gasteiger partial charge is 0.322 e. The van der Waals surface area contributed by atoms with Crippen LogP contribution in [0.3, 0.4) is 0 Å². The highest BCUT2D eigenvalue weighted by molar-refractivity contribution is 7.91. The van der Waals surface area contributed by atoms with Crippen molar-refractivity contribution in [1.29, 1.82) is 0 Å². The summed E-state index contributed by atoms with van der Waals surface area (Å²) in [4.78, 5) is 12.3. The van der Waals surface area contributed by atoms with Gasteiger partial charge < -0.3 is 18.6 Å². The molecule has 0 spiro atoms. The summed E-state index contributed by atoms with van der Waals surface area (Å²) < 4.78 is 60.3. The van der Waals surface area contributed by atoms with Crippen LogP contribution in [-0.2, 0) is 14.6 Å². The molecule has 0 radical (unpaired) electrons. The molecule has 3 aromatic rings. The van der Waals surface area contributed by atoms with Gasteiger partial charge in [-0.25, -0.2) is 12.8 Å². The van der Waals surface area contributed by atoms with Crippen LogP contribution in [0.25, 0.3) is 11.5 Å². The van der Waals surface area contributed by atoms with Crippen LogP contribution in [0.4, 0.5) is 10.4 Å². The number of sulfone groups is 1. The van der Waals surface area contributed by atoms with Gasteiger partial charge in [0.2, 0.25) is 17.5 Å². The molecule has 1 aromatic heterocycles. The predicted octanol–water partition coefficient (Wildman–Crippen LogP) is 4.26. The van der Waals surface area contributed by atoms with Gasteiger partial charge >= 0.3 is 6.01 Å². The Balaban J connectivity index is 1.66. The van der Waals surface area contributed by atoms with E-state index in [-0.39, 0.29) is 35.4 Å². The van der Waals surface area contributed by atoms with Crippen molar-refractivity contribution in [1.82, 2.24) is 10.2 Å². The molecular formula is C24H28FN3O7S. The second kappa shape index (κ2) is 12.3. The number of nitrogens with one attached hydrogen (secondary N) is 1. The van der Waals surface area contributed by atoms with Crippen molar-refractivity contribution < 1.29 is 36.2 Å². The number of benzene rings is 2. The Morgan fingerprint density at radius 3 is 2.17 bits per heavy atom. The van der Waals surface area contributed by atoms with Crippen molar-refractivity contribution in [3.63, 3.8) is 0 Å². The fourth-order valence-electron chi connectivity index (χ4n) is 3.27. The van der Waals surface area contributed by atoms with Gasteiger partial charge in [0.25, 0.3) is 0 Å². The minimum Gasteiger partial charge on any atom is -0.490 e. The maximum absolute atomic E-state index is 13.0. The zero-order valence-corrected chi connectivity index (χ0v) is 21.1. The molecule has 0 aliphatic rings. The topological polar surface area (TPSA) is 130 Å². The van der Waals surface area contributed by atoms with Gasteiger partial charge in [-0.05, 0) is 63.6 Å². The number of anilines is 1. The molecule has 36 heavy (non-hydrogen) atoms. The number of carbonyl (C=O) groups excluding carboxylic acids is 1. The number of amides is 1. The Bertz CT molecular complexity index is 1250. The number of halogens is 1. The average molecular weight is 522 g/mol. The minimum atomic E-state index is -3.64. The van der Waals surface area contributed by atoms with E-state index in [0.29, 0.717) is 42.6 Å². The molecule has 0 unspecified atom stereocenters. The largest absolute Gasteiger partial charge is 0.490 e. The molecule has 3 rings (SSSR count). The second-order valence-corrected chi connectivity index (χ2v) is 9.55. The summed E-state index contributed by atoms with van der Waals surface area (Å²) in [6.07, 6.45) is -0.0367. The Labute approximate surface area is 208 Å². The van der Waals surface area contributed by atoms with Crippen molar-refractivity contribution in [2.45, 2.75) is 38.5 Å². The zero-order valence-electron chi connectivity index (χ0n) is 20.2. The normalized spacial score (nSPS) is 11.2. The molecule has 12 heteroatoms. The van der Waals surface area contributed by atoms with E-state index in [0.717, 1.165) is 12.1 Å². The van der Waals surface area contributed by atoms with Gasteiger partial charge in [0.15, 0.2) is 21.3 Å². The van der Waals surface area contributed by atoms with E-state index in [1.165, 1.54) is 12.1 Å². The summed E-state index contributed by atoms with van der Waals surface area (Å²) in [5.74, 6) is 0.200. The number of hydrogen-bond acceptors (Lipinski definition) is 9. The summed E-state index contributed by atoms with van der Waals surface area (Å²) in [6.45, 7) is 6.75. The number of hydrogen-bond donors (Lipinski definition) is 1. The van der Waals surface area contributed by atoms with Crippen LogP contribution in [0.15, 0.2) is 45.7 Å². The van der Waals surface area contributed by atoms with E-state index >= 15 is 0 Å². The summed E-state index contributed by atoms with van der Waals surface area (Å²) in [7, 11) is -3.64. The number of aromatic nitrogens is 2. The Hall–Kier alpha value is -3.67. The fourth-order valence-corrected chi connectivity index (χ4v) is 4.58. The summed E-state index contributed by atoms with van der Waals surface area (Å²) >= 11 is 0. The van der Waals surface area contributed by atoms with Gasteiger partial charge in [0.1, 0.15) is 5.82 Å². The van der Waals surface area contributed by atoms with Crippen LogP contribution in [0.2, 0.25) is 0 Å². The standard InChI is InChI=1S/C24H28FN3O7S/c1-4-32-19-14-16(15-20(33-5-2)22(19)34-6-3)23-27-28-24(35-23)26-21(29)8-7-13-36(30,31)18-11-9-17(25)10-12-18/h9-12,14-15H,4-8,13H2,1-3H3,(H,26,28,29). The Morgan fingerprint density at radius 1 is 0.972 bits per heavy atom.